The van der Waals surface area contributed by atoms with Gasteiger partial charge in [-0.05, 0) is 54.3 Å². The molecule has 158 valence electrons. The van der Waals surface area contributed by atoms with Gasteiger partial charge in [-0.1, -0.05) is 29.8 Å². The van der Waals surface area contributed by atoms with Crippen molar-refractivity contribution in [1.29, 1.82) is 0 Å². The van der Waals surface area contributed by atoms with E-state index in [4.69, 9.17) is 11.6 Å². The molecule has 2 aromatic carbocycles. The minimum absolute atomic E-state index is 0.0460. The second kappa shape index (κ2) is 7.86. The van der Waals surface area contributed by atoms with Crippen LogP contribution in [0.1, 0.15) is 16.0 Å². The van der Waals surface area contributed by atoms with Gasteiger partial charge in [-0.2, -0.15) is 13.2 Å². The van der Waals surface area contributed by atoms with E-state index in [1.165, 1.54) is 29.5 Å². The van der Waals surface area contributed by atoms with Gasteiger partial charge in [0.05, 0.1) is 16.8 Å². The van der Waals surface area contributed by atoms with Crippen molar-refractivity contribution in [2.24, 2.45) is 0 Å². The van der Waals surface area contributed by atoms with Crippen molar-refractivity contribution >= 4 is 51.7 Å². The first-order valence-electron chi connectivity index (χ1n) is 9.04. The topological polar surface area (TPSA) is 49.4 Å². The van der Waals surface area contributed by atoms with Crippen LogP contribution in [-0.4, -0.2) is 11.8 Å². The summed E-state index contributed by atoms with van der Waals surface area (Å²) < 4.78 is 39.3. The maximum atomic E-state index is 13.3. The summed E-state index contributed by atoms with van der Waals surface area (Å²) in [5.74, 6) is -1.25. The van der Waals surface area contributed by atoms with Gasteiger partial charge >= 0.3 is 6.18 Å². The van der Waals surface area contributed by atoms with Crippen LogP contribution in [0.15, 0.2) is 65.7 Å². The number of nitrogens with one attached hydrogen (secondary N) is 1. The minimum Gasteiger partial charge on any atom is -0.350 e. The Balaban J connectivity index is 1.81. The van der Waals surface area contributed by atoms with Gasteiger partial charge in [0.2, 0.25) is 0 Å². The number of thiophene rings is 1. The third kappa shape index (κ3) is 3.96. The highest BCUT2D eigenvalue weighted by atomic mass is 35.5. The summed E-state index contributed by atoms with van der Waals surface area (Å²) in [7, 11) is 0. The summed E-state index contributed by atoms with van der Waals surface area (Å²) in [4.78, 5) is 28.1. The molecule has 0 unspecified atom stereocenters. The Kier molecular flexibility index (Phi) is 5.36. The molecule has 0 aliphatic carbocycles. The Morgan fingerprint density at radius 2 is 1.77 bits per heavy atom. The smallest absolute Gasteiger partial charge is 0.350 e. The van der Waals surface area contributed by atoms with E-state index in [9.17, 15) is 22.8 Å². The predicted octanol–water partition coefficient (Wildman–Crippen LogP) is 6.13. The lowest BCUT2D eigenvalue weighted by Crippen LogP contribution is -2.33. The maximum Gasteiger partial charge on any atom is 0.416 e. The number of carbonyl (C=O) groups excluding carboxylic acids is 2. The number of rotatable bonds is 4. The second-order valence-electron chi connectivity index (χ2n) is 6.81. The van der Waals surface area contributed by atoms with Crippen molar-refractivity contribution in [1.82, 2.24) is 0 Å². The molecule has 1 aromatic heterocycles. The summed E-state index contributed by atoms with van der Waals surface area (Å²) >= 11 is 7.32. The Bertz CT molecular complexity index is 1220. The van der Waals surface area contributed by atoms with Crippen LogP contribution in [0.2, 0.25) is 5.02 Å². The summed E-state index contributed by atoms with van der Waals surface area (Å²) in [6.07, 6.45) is -4.54. The molecule has 1 aliphatic rings. The average Bonchev–Trinajstić information content (AvgIpc) is 3.31. The van der Waals surface area contributed by atoms with Gasteiger partial charge in [0, 0.05) is 15.6 Å². The number of nitrogens with zero attached hydrogens (tertiary/aromatic N) is 1. The van der Waals surface area contributed by atoms with Crippen LogP contribution in [0.4, 0.5) is 24.5 Å². The molecule has 2 amide bonds. The standard InChI is InChI=1S/C22H14ClF3N2O2S/c1-12-7-8-14(23)11-16(12)28-20(29)18(17-6-3-9-31-17)19(21(28)30)27-15-5-2-4-13(10-15)22(24,25)26/h2-11,27H,1H3. The van der Waals surface area contributed by atoms with Crippen molar-refractivity contribution in [3.8, 4) is 0 Å². The zero-order valence-electron chi connectivity index (χ0n) is 16.0. The normalized spacial score (nSPS) is 14.5. The number of amides is 2. The van der Waals surface area contributed by atoms with Crippen LogP contribution in [-0.2, 0) is 15.8 Å². The lowest BCUT2D eigenvalue weighted by Gasteiger charge is -2.18. The third-order valence-electron chi connectivity index (χ3n) is 4.72. The zero-order valence-corrected chi connectivity index (χ0v) is 17.5. The SMILES string of the molecule is Cc1ccc(Cl)cc1N1C(=O)C(Nc2cccc(C(F)(F)F)c2)=C(c2cccs2)C1=O. The number of anilines is 2. The van der Waals surface area contributed by atoms with Gasteiger partial charge in [0.1, 0.15) is 5.70 Å². The van der Waals surface area contributed by atoms with Crippen molar-refractivity contribution in [3.63, 3.8) is 0 Å². The van der Waals surface area contributed by atoms with Crippen LogP contribution in [0.3, 0.4) is 0 Å². The number of hydrogen-bond acceptors (Lipinski definition) is 4. The molecule has 0 saturated heterocycles. The number of carbonyl (C=O) groups is 2. The Morgan fingerprint density at radius 1 is 1.00 bits per heavy atom. The van der Waals surface area contributed by atoms with E-state index in [1.54, 1.807) is 36.6 Å². The van der Waals surface area contributed by atoms with E-state index in [-0.39, 0.29) is 17.0 Å². The second-order valence-corrected chi connectivity index (χ2v) is 8.19. The fourth-order valence-electron chi connectivity index (χ4n) is 3.25. The lowest BCUT2D eigenvalue weighted by atomic mass is 10.1. The van der Waals surface area contributed by atoms with Crippen molar-refractivity contribution in [2.75, 3.05) is 10.2 Å². The van der Waals surface area contributed by atoms with Crippen molar-refractivity contribution in [3.05, 3.63) is 86.7 Å². The highest BCUT2D eigenvalue weighted by Crippen LogP contribution is 2.38. The lowest BCUT2D eigenvalue weighted by molar-refractivity contribution is -0.137. The Hall–Kier alpha value is -3.10. The molecule has 4 nitrogen and oxygen atoms in total. The van der Waals surface area contributed by atoms with E-state index < -0.39 is 23.6 Å². The molecule has 2 heterocycles. The third-order valence-corrected chi connectivity index (χ3v) is 5.85. The molecule has 0 atom stereocenters. The molecule has 31 heavy (non-hydrogen) atoms. The number of halogens is 4. The van der Waals surface area contributed by atoms with E-state index >= 15 is 0 Å². The van der Waals surface area contributed by atoms with Crippen LogP contribution < -0.4 is 10.2 Å². The van der Waals surface area contributed by atoms with Gasteiger partial charge in [0.15, 0.2) is 0 Å². The van der Waals surface area contributed by atoms with E-state index in [0.717, 1.165) is 17.0 Å². The van der Waals surface area contributed by atoms with E-state index in [2.05, 4.69) is 5.32 Å². The molecule has 9 heteroatoms. The number of alkyl halides is 3. The maximum absolute atomic E-state index is 13.3. The summed E-state index contributed by atoms with van der Waals surface area (Å²) in [6, 6.07) is 12.7. The molecular formula is C22H14ClF3N2O2S. The molecule has 1 N–H and O–H groups in total. The average molecular weight is 463 g/mol. The first kappa shape index (κ1) is 21.1. The largest absolute Gasteiger partial charge is 0.416 e. The van der Waals surface area contributed by atoms with Gasteiger partial charge in [-0.3, -0.25) is 9.59 Å². The molecule has 0 saturated carbocycles. The first-order chi connectivity index (χ1) is 14.7. The minimum atomic E-state index is -4.54. The zero-order chi connectivity index (χ0) is 22.3. The molecule has 1 aliphatic heterocycles. The Labute approximate surface area is 184 Å². The van der Waals surface area contributed by atoms with Crippen molar-refractivity contribution < 1.29 is 22.8 Å². The van der Waals surface area contributed by atoms with Crippen LogP contribution in [0.5, 0.6) is 0 Å². The molecule has 3 aromatic rings. The molecule has 0 radical (unpaired) electrons. The number of benzene rings is 2. The van der Waals surface area contributed by atoms with Gasteiger partial charge in [0.25, 0.3) is 11.8 Å². The molecule has 0 spiro atoms. The number of hydrogen-bond donors (Lipinski definition) is 1. The fourth-order valence-corrected chi connectivity index (χ4v) is 4.19. The summed E-state index contributed by atoms with van der Waals surface area (Å²) in [5, 5.41) is 4.84. The van der Waals surface area contributed by atoms with E-state index in [1.807, 2.05) is 0 Å². The monoisotopic (exact) mass is 462 g/mol. The van der Waals surface area contributed by atoms with E-state index in [0.29, 0.717) is 21.2 Å². The van der Waals surface area contributed by atoms with Crippen LogP contribution in [0.25, 0.3) is 5.57 Å². The predicted molar refractivity (Wildman–Crippen MR) is 115 cm³/mol. The van der Waals surface area contributed by atoms with Gasteiger partial charge in [-0.25, -0.2) is 4.90 Å². The van der Waals surface area contributed by atoms with Gasteiger partial charge < -0.3 is 5.32 Å². The van der Waals surface area contributed by atoms with Gasteiger partial charge in [-0.15, -0.1) is 11.3 Å². The first-order valence-corrected chi connectivity index (χ1v) is 10.3. The molecule has 0 fully saturated rings. The summed E-state index contributed by atoms with van der Waals surface area (Å²) in [6.45, 7) is 1.73. The van der Waals surface area contributed by atoms with Crippen LogP contribution in [0, 0.1) is 6.92 Å². The molecular weight excluding hydrogens is 449 g/mol. The quantitative estimate of drug-likeness (QED) is 0.475. The highest BCUT2D eigenvalue weighted by molar-refractivity contribution is 7.11. The fraction of sp³-hybridized carbons (Fsp3) is 0.0909. The van der Waals surface area contributed by atoms with Crippen molar-refractivity contribution in [2.45, 2.75) is 13.1 Å². The molecule has 4 rings (SSSR count). The molecule has 0 bridgehead atoms. The Morgan fingerprint density at radius 3 is 2.45 bits per heavy atom. The number of imide groups is 1. The van der Waals surface area contributed by atoms with Crippen LogP contribution >= 0.6 is 22.9 Å². The number of aryl methyl sites for hydroxylation is 1. The highest BCUT2D eigenvalue weighted by Gasteiger charge is 2.41. The summed E-state index contributed by atoms with van der Waals surface area (Å²) in [5.41, 5.74) is 0.150.